The second kappa shape index (κ2) is 6.02. The van der Waals surface area contributed by atoms with E-state index in [1.54, 1.807) is 19.5 Å². The Morgan fingerprint density at radius 1 is 1.17 bits per heavy atom. The van der Waals surface area contributed by atoms with E-state index in [9.17, 15) is 5.11 Å². The van der Waals surface area contributed by atoms with Crippen molar-refractivity contribution in [3.8, 4) is 11.5 Å². The Balaban J connectivity index is 2.14. The second-order valence-corrected chi connectivity index (χ2v) is 3.76. The molecule has 0 saturated heterocycles. The molecule has 18 heavy (non-hydrogen) atoms. The molecular weight excluding hydrogens is 230 g/mol. The highest BCUT2D eigenvalue weighted by atomic mass is 16.5. The maximum atomic E-state index is 9.18. The molecule has 1 aromatic heterocycles. The van der Waals surface area contributed by atoms with Crippen LogP contribution in [0.15, 0.2) is 42.7 Å². The van der Waals surface area contributed by atoms with Crippen molar-refractivity contribution in [2.24, 2.45) is 0 Å². The van der Waals surface area contributed by atoms with Crippen molar-refractivity contribution in [2.75, 3.05) is 7.11 Å². The lowest BCUT2D eigenvalue weighted by Gasteiger charge is -2.12. The van der Waals surface area contributed by atoms with Crippen molar-refractivity contribution in [1.29, 1.82) is 0 Å². The summed E-state index contributed by atoms with van der Waals surface area (Å²) in [5.41, 5.74) is 1.68. The first-order chi connectivity index (χ1) is 8.85. The first kappa shape index (κ1) is 12.4. The molecule has 94 valence electrons. The van der Waals surface area contributed by atoms with Gasteiger partial charge in [0.2, 0.25) is 0 Å². The highest BCUT2D eigenvalue weighted by Crippen LogP contribution is 2.30. The molecule has 1 heterocycles. The van der Waals surface area contributed by atoms with Crippen LogP contribution >= 0.6 is 0 Å². The van der Waals surface area contributed by atoms with Crippen LogP contribution in [-0.2, 0) is 13.2 Å². The van der Waals surface area contributed by atoms with Crippen LogP contribution < -0.4 is 9.47 Å². The Morgan fingerprint density at radius 3 is 2.61 bits per heavy atom. The Morgan fingerprint density at radius 2 is 1.94 bits per heavy atom. The monoisotopic (exact) mass is 245 g/mol. The summed E-state index contributed by atoms with van der Waals surface area (Å²) in [5, 5.41) is 9.18. The lowest BCUT2D eigenvalue weighted by Crippen LogP contribution is -2.01. The Bertz CT molecular complexity index is 500. The minimum absolute atomic E-state index is 0.126. The molecule has 0 spiro atoms. The van der Waals surface area contributed by atoms with E-state index < -0.39 is 0 Å². The van der Waals surface area contributed by atoms with Gasteiger partial charge in [-0.1, -0.05) is 30.3 Å². The molecule has 4 heteroatoms. The molecule has 0 atom stereocenters. The van der Waals surface area contributed by atoms with Gasteiger partial charge in [-0.05, 0) is 5.56 Å². The van der Waals surface area contributed by atoms with Gasteiger partial charge in [-0.2, -0.15) is 0 Å². The second-order valence-electron chi connectivity index (χ2n) is 3.76. The number of aliphatic hydroxyl groups is 1. The fraction of sp³-hybridized carbons (Fsp3) is 0.214. The largest absolute Gasteiger partial charge is 0.492 e. The third-order valence-corrected chi connectivity index (χ3v) is 2.55. The maximum absolute atomic E-state index is 9.18. The van der Waals surface area contributed by atoms with Gasteiger partial charge in [-0.25, -0.2) is 0 Å². The standard InChI is InChI=1S/C14H15NO3/c1-17-14-12(9-16)7-15-8-13(14)18-10-11-5-3-2-4-6-11/h2-8,16H,9-10H2,1H3. The van der Waals surface area contributed by atoms with Gasteiger partial charge in [0.1, 0.15) is 6.61 Å². The zero-order valence-corrected chi connectivity index (χ0v) is 10.2. The lowest BCUT2D eigenvalue weighted by atomic mass is 10.2. The van der Waals surface area contributed by atoms with E-state index in [1.165, 1.54) is 0 Å². The Kier molecular flexibility index (Phi) is 4.15. The lowest BCUT2D eigenvalue weighted by molar-refractivity contribution is 0.258. The molecule has 0 radical (unpaired) electrons. The van der Waals surface area contributed by atoms with E-state index in [2.05, 4.69) is 4.98 Å². The predicted octanol–water partition coefficient (Wildman–Crippen LogP) is 2.16. The van der Waals surface area contributed by atoms with E-state index >= 15 is 0 Å². The van der Waals surface area contributed by atoms with Crippen molar-refractivity contribution in [3.05, 3.63) is 53.9 Å². The number of ether oxygens (including phenoxy) is 2. The molecule has 0 amide bonds. The number of aromatic nitrogens is 1. The summed E-state index contributed by atoms with van der Waals surface area (Å²) in [7, 11) is 1.55. The molecule has 4 nitrogen and oxygen atoms in total. The quantitative estimate of drug-likeness (QED) is 0.877. The van der Waals surface area contributed by atoms with Gasteiger partial charge in [0.05, 0.1) is 19.9 Å². The summed E-state index contributed by atoms with van der Waals surface area (Å²) in [6, 6.07) is 9.83. The molecule has 0 fully saturated rings. The third kappa shape index (κ3) is 2.78. The van der Waals surface area contributed by atoms with E-state index in [4.69, 9.17) is 9.47 Å². The minimum Gasteiger partial charge on any atom is -0.492 e. The van der Waals surface area contributed by atoms with E-state index in [0.717, 1.165) is 5.56 Å². The number of methoxy groups -OCH3 is 1. The summed E-state index contributed by atoms with van der Waals surface area (Å²) >= 11 is 0. The summed E-state index contributed by atoms with van der Waals surface area (Å²) < 4.78 is 10.9. The molecule has 0 aliphatic carbocycles. The number of rotatable bonds is 5. The van der Waals surface area contributed by atoms with Gasteiger partial charge in [0.25, 0.3) is 0 Å². The third-order valence-electron chi connectivity index (χ3n) is 2.55. The average molecular weight is 245 g/mol. The van der Waals surface area contributed by atoms with E-state index in [1.807, 2.05) is 30.3 Å². The first-order valence-electron chi connectivity index (χ1n) is 5.63. The van der Waals surface area contributed by atoms with Crippen molar-refractivity contribution < 1.29 is 14.6 Å². The predicted molar refractivity (Wildman–Crippen MR) is 67.5 cm³/mol. The fourth-order valence-electron chi connectivity index (χ4n) is 1.65. The number of hydrogen-bond acceptors (Lipinski definition) is 4. The van der Waals surface area contributed by atoms with E-state index in [0.29, 0.717) is 23.7 Å². The molecule has 0 bridgehead atoms. The van der Waals surface area contributed by atoms with Crippen LogP contribution in [0.1, 0.15) is 11.1 Å². The molecule has 2 rings (SSSR count). The van der Waals surface area contributed by atoms with Gasteiger partial charge in [-0.15, -0.1) is 0 Å². The van der Waals surface area contributed by atoms with E-state index in [-0.39, 0.29) is 6.61 Å². The summed E-state index contributed by atoms with van der Waals surface area (Å²) in [5.74, 6) is 1.07. The SMILES string of the molecule is COc1c(CO)cncc1OCc1ccccc1. The average Bonchev–Trinajstić information content (AvgIpc) is 2.45. The molecule has 1 aromatic carbocycles. The van der Waals surface area contributed by atoms with Gasteiger partial charge in [-0.3, -0.25) is 4.98 Å². The molecule has 2 aromatic rings. The van der Waals surface area contributed by atoms with Gasteiger partial charge >= 0.3 is 0 Å². The van der Waals surface area contributed by atoms with Crippen molar-refractivity contribution in [1.82, 2.24) is 4.98 Å². The van der Waals surface area contributed by atoms with Crippen LogP contribution in [0, 0.1) is 0 Å². The first-order valence-corrected chi connectivity index (χ1v) is 5.63. The zero-order valence-electron chi connectivity index (χ0n) is 10.2. The van der Waals surface area contributed by atoms with Crippen LogP contribution in [0.2, 0.25) is 0 Å². The van der Waals surface area contributed by atoms with Crippen LogP contribution in [0.3, 0.4) is 0 Å². The number of nitrogens with zero attached hydrogens (tertiary/aromatic N) is 1. The number of pyridine rings is 1. The zero-order chi connectivity index (χ0) is 12.8. The highest BCUT2D eigenvalue weighted by Gasteiger charge is 2.10. The van der Waals surface area contributed by atoms with Crippen LogP contribution in [0.5, 0.6) is 11.5 Å². The normalized spacial score (nSPS) is 10.1. The Labute approximate surface area is 106 Å². The summed E-state index contributed by atoms with van der Waals surface area (Å²) in [6.45, 7) is 0.312. The van der Waals surface area contributed by atoms with Gasteiger partial charge < -0.3 is 14.6 Å². The van der Waals surface area contributed by atoms with Gasteiger partial charge in [0, 0.05) is 11.8 Å². The number of hydrogen-bond donors (Lipinski definition) is 1. The van der Waals surface area contributed by atoms with Crippen LogP contribution in [0.25, 0.3) is 0 Å². The Hall–Kier alpha value is -2.07. The fourth-order valence-corrected chi connectivity index (χ4v) is 1.65. The van der Waals surface area contributed by atoms with Crippen molar-refractivity contribution >= 4 is 0 Å². The highest BCUT2D eigenvalue weighted by molar-refractivity contribution is 5.43. The smallest absolute Gasteiger partial charge is 0.180 e. The molecule has 0 aliphatic heterocycles. The number of aliphatic hydroxyl groups excluding tert-OH is 1. The van der Waals surface area contributed by atoms with Gasteiger partial charge in [0.15, 0.2) is 11.5 Å². The topological polar surface area (TPSA) is 51.6 Å². The summed E-state index contributed by atoms with van der Waals surface area (Å²) in [4.78, 5) is 4.01. The molecule has 0 aliphatic rings. The number of benzene rings is 1. The molecular formula is C14H15NO3. The molecule has 1 N–H and O–H groups in total. The molecule has 0 saturated carbocycles. The van der Waals surface area contributed by atoms with Crippen LogP contribution in [0.4, 0.5) is 0 Å². The maximum Gasteiger partial charge on any atom is 0.180 e. The minimum atomic E-state index is -0.126. The van der Waals surface area contributed by atoms with Crippen molar-refractivity contribution in [2.45, 2.75) is 13.2 Å². The summed E-state index contributed by atoms with van der Waals surface area (Å²) in [6.07, 6.45) is 3.15. The molecule has 0 unspecified atom stereocenters. The van der Waals surface area contributed by atoms with Crippen LogP contribution in [-0.4, -0.2) is 17.2 Å². The van der Waals surface area contributed by atoms with Crippen molar-refractivity contribution in [3.63, 3.8) is 0 Å².